The van der Waals surface area contributed by atoms with Gasteiger partial charge in [0.2, 0.25) is 0 Å². The Morgan fingerprint density at radius 3 is 1.91 bits per heavy atom. The summed E-state index contributed by atoms with van der Waals surface area (Å²) >= 11 is 0. The fourth-order valence-corrected chi connectivity index (χ4v) is 2.91. The second-order valence-electron chi connectivity index (χ2n) is 5.95. The highest BCUT2D eigenvalue weighted by atomic mass is 14.5. The predicted octanol–water partition coefficient (Wildman–Crippen LogP) is 4.83. The van der Waals surface area contributed by atoms with E-state index in [1.54, 1.807) is 0 Å². The summed E-state index contributed by atoms with van der Waals surface area (Å²) in [5, 5.41) is 7.71. The zero-order chi connectivity index (χ0) is 16.4. The molecule has 23 heavy (non-hydrogen) atoms. The molecule has 2 aromatic carbocycles. The van der Waals surface area contributed by atoms with Gasteiger partial charge in [0, 0.05) is 5.69 Å². The molecule has 0 aromatic heterocycles. The average molecular weight is 300 g/mol. The molecule has 0 amide bonds. The number of benzene rings is 2. The van der Waals surface area contributed by atoms with Crippen molar-refractivity contribution >= 4 is 17.0 Å². The second kappa shape index (κ2) is 6.09. The van der Waals surface area contributed by atoms with Crippen LogP contribution in [0.15, 0.2) is 72.3 Å². The summed E-state index contributed by atoms with van der Waals surface area (Å²) in [6.07, 6.45) is 7.67. The Labute approximate surface area is 137 Å². The maximum absolute atomic E-state index is 7.71. The normalized spacial score (nSPS) is 13.5. The van der Waals surface area contributed by atoms with Crippen LogP contribution in [0.2, 0.25) is 0 Å². The number of hydrogen-bond acceptors (Lipinski definition) is 2. The molecule has 0 radical (unpaired) electrons. The summed E-state index contributed by atoms with van der Waals surface area (Å²) in [6.45, 7) is 4.23. The average Bonchev–Trinajstić information content (AvgIpc) is 2.50. The van der Waals surface area contributed by atoms with Gasteiger partial charge in [-0.3, -0.25) is 0 Å². The predicted molar refractivity (Wildman–Crippen MR) is 98.8 cm³/mol. The van der Waals surface area contributed by atoms with E-state index >= 15 is 0 Å². The van der Waals surface area contributed by atoms with E-state index in [1.165, 1.54) is 16.7 Å². The van der Waals surface area contributed by atoms with E-state index in [-0.39, 0.29) is 0 Å². The number of nitrogens with two attached hydrogens (primary N) is 1. The van der Waals surface area contributed by atoms with Crippen molar-refractivity contribution in [2.45, 2.75) is 13.8 Å². The molecule has 0 saturated heterocycles. The van der Waals surface area contributed by atoms with Gasteiger partial charge in [-0.15, -0.1) is 0 Å². The lowest BCUT2D eigenvalue weighted by Crippen LogP contribution is -1.98. The zero-order valence-electron chi connectivity index (χ0n) is 13.4. The summed E-state index contributed by atoms with van der Waals surface area (Å²) in [5.41, 5.74) is 14.2. The molecule has 0 atom stereocenters. The van der Waals surface area contributed by atoms with E-state index in [4.69, 9.17) is 11.1 Å². The summed E-state index contributed by atoms with van der Waals surface area (Å²) < 4.78 is 0. The molecule has 3 rings (SSSR count). The van der Waals surface area contributed by atoms with Gasteiger partial charge in [0.05, 0.1) is 5.71 Å². The zero-order valence-corrected chi connectivity index (χ0v) is 13.4. The number of allylic oxidation sites excluding steroid dienone is 5. The Morgan fingerprint density at radius 1 is 0.783 bits per heavy atom. The number of nitrogens with one attached hydrogen (secondary N) is 1. The standard InChI is InChI=1S/C21H20N2/c1-14-11-15(2)13-18(12-14)21(16-3-7-19(22)8-4-16)17-5-9-20(23)10-6-17/h3-13,22H,23H2,1-2H3. The summed E-state index contributed by atoms with van der Waals surface area (Å²) in [6, 6.07) is 14.5. The van der Waals surface area contributed by atoms with Crippen LogP contribution in [0, 0.1) is 19.3 Å². The molecule has 1 aliphatic rings. The third-order valence-electron chi connectivity index (χ3n) is 3.88. The minimum absolute atomic E-state index is 0.519. The maximum atomic E-state index is 7.71. The molecule has 0 spiro atoms. The van der Waals surface area contributed by atoms with Gasteiger partial charge in [-0.25, -0.2) is 0 Å². The molecule has 0 fully saturated rings. The number of aryl methyl sites for hydroxylation is 2. The highest BCUT2D eigenvalue weighted by Crippen LogP contribution is 2.31. The first-order valence-electron chi connectivity index (χ1n) is 7.66. The molecule has 0 bridgehead atoms. The van der Waals surface area contributed by atoms with Crippen LogP contribution in [0.1, 0.15) is 22.3 Å². The van der Waals surface area contributed by atoms with Crippen molar-refractivity contribution in [3.05, 3.63) is 94.6 Å². The largest absolute Gasteiger partial charge is 0.399 e. The van der Waals surface area contributed by atoms with Crippen molar-refractivity contribution < 1.29 is 0 Å². The highest BCUT2D eigenvalue weighted by molar-refractivity contribution is 6.05. The minimum atomic E-state index is 0.519. The van der Waals surface area contributed by atoms with Crippen LogP contribution in [0.5, 0.6) is 0 Å². The van der Waals surface area contributed by atoms with Crippen molar-refractivity contribution in [1.29, 1.82) is 5.41 Å². The molecule has 0 unspecified atom stereocenters. The lowest BCUT2D eigenvalue weighted by Gasteiger charge is -2.15. The van der Waals surface area contributed by atoms with Crippen molar-refractivity contribution in [2.24, 2.45) is 0 Å². The molecule has 0 aliphatic heterocycles. The number of rotatable bonds is 2. The van der Waals surface area contributed by atoms with Crippen LogP contribution >= 0.6 is 0 Å². The smallest absolute Gasteiger partial charge is 0.0540 e. The minimum Gasteiger partial charge on any atom is -0.399 e. The van der Waals surface area contributed by atoms with E-state index in [2.05, 4.69) is 44.2 Å². The van der Waals surface area contributed by atoms with E-state index < -0.39 is 0 Å². The van der Waals surface area contributed by atoms with Gasteiger partial charge in [0.1, 0.15) is 0 Å². The van der Waals surface area contributed by atoms with Crippen LogP contribution in [0.25, 0.3) is 5.57 Å². The molecule has 2 nitrogen and oxygen atoms in total. The van der Waals surface area contributed by atoms with Crippen molar-refractivity contribution in [2.75, 3.05) is 5.73 Å². The van der Waals surface area contributed by atoms with Gasteiger partial charge in [-0.05, 0) is 60.4 Å². The topological polar surface area (TPSA) is 49.9 Å². The highest BCUT2D eigenvalue weighted by Gasteiger charge is 2.11. The van der Waals surface area contributed by atoms with Crippen molar-refractivity contribution in [3.63, 3.8) is 0 Å². The molecule has 2 heteroatoms. The van der Waals surface area contributed by atoms with Crippen LogP contribution in [0.3, 0.4) is 0 Å². The first-order chi connectivity index (χ1) is 11.0. The Balaban J connectivity index is 2.24. The molecular formula is C21H20N2. The first kappa shape index (κ1) is 15.0. The van der Waals surface area contributed by atoms with Gasteiger partial charge in [0.25, 0.3) is 0 Å². The molecule has 114 valence electrons. The Bertz CT molecular complexity index is 812. The quantitative estimate of drug-likeness (QED) is 0.766. The van der Waals surface area contributed by atoms with Gasteiger partial charge in [0.15, 0.2) is 0 Å². The number of nitrogen functional groups attached to an aromatic ring is 1. The third-order valence-corrected chi connectivity index (χ3v) is 3.88. The molecule has 2 aromatic rings. The maximum Gasteiger partial charge on any atom is 0.0540 e. The number of hydrogen-bond donors (Lipinski definition) is 2. The fourth-order valence-electron chi connectivity index (χ4n) is 2.91. The Morgan fingerprint density at radius 2 is 1.35 bits per heavy atom. The lowest BCUT2D eigenvalue weighted by atomic mass is 9.89. The van der Waals surface area contributed by atoms with E-state index in [9.17, 15) is 0 Å². The van der Waals surface area contributed by atoms with E-state index in [0.717, 1.165) is 22.4 Å². The molecular weight excluding hydrogens is 280 g/mol. The van der Waals surface area contributed by atoms with Crippen molar-refractivity contribution in [1.82, 2.24) is 0 Å². The van der Waals surface area contributed by atoms with Gasteiger partial charge >= 0.3 is 0 Å². The Kier molecular flexibility index (Phi) is 3.98. The summed E-state index contributed by atoms with van der Waals surface area (Å²) in [7, 11) is 0. The second-order valence-corrected chi connectivity index (χ2v) is 5.95. The number of anilines is 1. The lowest BCUT2D eigenvalue weighted by molar-refractivity contribution is 1.36. The van der Waals surface area contributed by atoms with Gasteiger partial charge < -0.3 is 11.1 Å². The van der Waals surface area contributed by atoms with E-state index in [1.807, 2.05) is 36.4 Å². The van der Waals surface area contributed by atoms with Crippen LogP contribution in [-0.4, -0.2) is 5.71 Å². The molecule has 0 heterocycles. The third kappa shape index (κ3) is 3.32. The van der Waals surface area contributed by atoms with Gasteiger partial charge in [-0.1, -0.05) is 53.6 Å². The SMILES string of the molecule is Cc1cc(C)cc(C(=C2C=CC(=N)C=C2)c2ccc(N)cc2)c1. The summed E-state index contributed by atoms with van der Waals surface area (Å²) in [5.74, 6) is 0. The first-order valence-corrected chi connectivity index (χ1v) is 7.66. The van der Waals surface area contributed by atoms with Crippen LogP contribution in [0.4, 0.5) is 5.69 Å². The fraction of sp³-hybridized carbons (Fsp3) is 0.0952. The Hall–Kier alpha value is -2.87. The van der Waals surface area contributed by atoms with Crippen molar-refractivity contribution in [3.8, 4) is 0 Å². The van der Waals surface area contributed by atoms with E-state index in [0.29, 0.717) is 5.71 Å². The van der Waals surface area contributed by atoms with Gasteiger partial charge in [-0.2, -0.15) is 0 Å². The van der Waals surface area contributed by atoms with Crippen LogP contribution in [-0.2, 0) is 0 Å². The van der Waals surface area contributed by atoms with Crippen LogP contribution < -0.4 is 5.73 Å². The summed E-state index contributed by atoms with van der Waals surface area (Å²) in [4.78, 5) is 0. The molecule has 3 N–H and O–H groups in total. The molecule has 1 aliphatic carbocycles. The molecule has 0 saturated carbocycles. The monoisotopic (exact) mass is 300 g/mol.